The number of carbonyl (C=O) groups is 1. The van der Waals surface area contributed by atoms with E-state index in [0.717, 1.165) is 28.4 Å². The summed E-state index contributed by atoms with van der Waals surface area (Å²) in [5, 5.41) is 16.2. The van der Waals surface area contributed by atoms with Crippen LogP contribution < -0.4 is 10.6 Å². The van der Waals surface area contributed by atoms with Gasteiger partial charge in [0.2, 0.25) is 5.13 Å². The zero-order valence-electron chi connectivity index (χ0n) is 15.0. The van der Waals surface area contributed by atoms with E-state index in [2.05, 4.69) is 20.8 Å². The lowest BCUT2D eigenvalue weighted by molar-refractivity contribution is -0.00555. The molecule has 0 unspecified atom stereocenters. The molecule has 0 spiro atoms. The Morgan fingerprint density at radius 1 is 1.00 bits per heavy atom. The zero-order chi connectivity index (χ0) is 17.7. The van der Waals surface area contributed by atoms with Crippen LogP contribution in [-0.4, -0.2) is 16.2 Å². The number of nitrogens with one attached hydrogen (secondary N) is 2. The summed E-state index contributed by atoms with van der Waals surface area (Å²) in [4.78, 5) is 12.2. The SMILES string of the molecule is Cc1ccc(NC(=O)Nc2nnc(C34CC5CC(CC(C5)C3)C4)s2)cc1. The predicted octanol–water partition coefficient (Wildman–Crippen LogP) is 4.96. The van der Waals surface area contributed by atoms with E-state index in [1.54, 1.807) is 11.3 Å². The van der Waals surface area contributed by atoms with Gasteiger partial charge in [-0.25, -0.2) is 4.79 Å². The fourth-order valence-corrected chi connectivity index (χ4v) is 6.71. The molecule has 1 aromatic carbocycles. The number of hydrogen-bond donors (Lipinski definition) is 2. The fraction of sp³-hybridized carbons (Fsp3) is 0.550. The molecule has 2 amide bonds. The molecule has 4 aliphatic carbocycles. The first-order valence-corrected chi connectivity index (χ1v) is 10.4. The molecule has 0 radical (unpaired) electrons. The Morgan fingerprint density at radius 3 is 2.23 bits per heavy atom. The van der Waals surface area contributed by atoms with Crippen LogP contribution in [0.15, 0.2) is 24.3 Å². The number of anilines is 2. The Hall–Kier alpha value is -1.95. The van der Waals surface area contributed by atoms with E-state index in [1.807, 2.05) is 31.2 Å². The smallest absolute Gasteiger partial charge is 0.308 e. The van der Waals surface area contributed by atoms with Gasteiger partial charge in [0.05, 0.1) is 0 Å². The highest BCUT2D eigenvalue weighted by Gasteiger charge is 2.53. The minimum absolute atomic E-state index is 0.236. The third kappa shape index (κ3) is 2.90. The second-order valence-corrected chi connectivity index (χ2v) is 9.53. The van der Waals surface area contributed by atoms with Gasteiger partial charge in [0.25, 0.3) is 0 Å². The highest BCUT2D eigenvalue weighted by atomic mass is 32.1. The number of aryl methyl sites for hydroxylation is 1. The molecule has 0 saturated heterocycles. The van der Waals surface area contributed by atoms with Gasteiger partial charge < -0.3 is 5.32 Å². The van der Waals surface area contributed by atoms with Crippen LogP contribution in [0.4, 0.5) is 15.6 Å². The molecule has 5 nitrogen and oxygen atoms in total. The molecular formula is C20H24N4OS. The standard InChI is InChI=1S/C20H24N4OS/c1-12-2-4-16(5-3-12)21-18(25)22-19-24-23-17(26-19)20-9-13-6-14(10-20)8-15(7-13)11-20/h2-5,13-15H,6-11H2,1H3,(H2,21,22,24,25). The Labute approximate surface area is 157 Å². The van der Waals surface area contributed by atoms with E-state index in [9.17, 15) is 4.79 Å². The number of hydrogen-bond acceptors (Lipinski definition) is 4. The topological polar surface area (TPSA) is 66.9 Å². The summed E-state index contributed by atoms with van der Waals surface area (Å²) in [6, 6.07) is 7.49. The molecule has 6 heteroatoms. The average Bonchev–Trinajstić information content (AvgIpc) is 3.05. The summed E-state index contributed by atoms with van der Waals surface area (Å²) in [7, 11) is 0. The van der Waals surface area contributed by atoms with Gasteiger partial charge in [0, 0.05) is 11.1 Å². The van der Waals surface area contributed by atoms with Crippen molar-refractivity contribution in [2.24, 2.45) is 17.8 Å². The fourth-order valence-electron chi connectivity index (χ4n) is 5.76. The van der Waals surface area contributed by atoms with Crippen molar-refractivity contribution in [3.63, 3.8) is 0 Å². The summed E-state index contributed by atoms with van der Waals surface area (Å²) in [5.41, 5.74) is 2.18. The molecule has 4 aliphatic rings. The lowest BCUT2D eigenvalue weighted by atomic mass is 9.50. The molecule has 2 aromatic rings. The van der Waals surface area contributed by atoms with E-state index in [4.69, 9.17) is 0 Å². The van der Waals surface area contributed by atoms with E-state index in [1.165, 1.54) is 44.1 Å². The van der Waals surface area contributed by atoms with Crippen LogP contribution in [0.25, 0.3) is 0 Å². The van der Waals surface area contributed by atoms with E-state index < -0.39 is 0 Å². The quantitative estimate of drug-likeness (QED) is 0.805. The first kappa shape index (κ1) is 16.2. The van der Waals surface area contributed by atoms with Crippen molar-refractivity contribution >= 4 is 28.2 Å². The van der Waals surface area contributed by atoms with Crippen LogP contribution in [0, 0.1) is 24.7 Å². The Morgan fingerprint density at radius 2 is 1.62 bits per heavy atom. The maximum Gasteiger partial charge on any atom is 0.325 e. The molecule has 2 N–H and O–H groups in total. The minimum atomic E-state index is -0.262. The monoisotopic (exact) mass is 368 g/mol. The average molecular weight is 369 g/mol. The number of nitrogens with zero attached hydrogens (tertiary/aromatic N) is 2. The lowest BCUT2D eigenvalue weighted by Crippen LogP contribution is -2.48. The van der Waals surface area contributed by atoms with Gasteiger partial charge in [0.15, 0.2) is 0 Å². The zero-order valence-corrected chi connectivity index (χ0v) is 15.8. The maximum atomic E-state index is 12.2. The Bertz CT molecular complexity index is 793. The highest BCUT2D eigenvalue weighted by molar-refractivity contribution is 7.15. The molecule has 4 saturated carbocycles. The van der Waals surface area contributed by atoms with E-state index in [-0.39, 0.29) is 11.4 Å². The number of urea groups is 1. The van der Waals surface area contributed by atoms with Crippen LogP contribution in [-0.2, 0) is 5.41 Å². The highest BCUT2D eigenvalue weighted by Crippen LogP contribution is 2.61. The lowest BCUT2D eigenvalue weighted by Gasteiger charge is -2.55. The molecule has 136 valence electrons. The third-order valence-corrected chi connectivity index (χ3v) is 7.53. The third-order valence-electron chi connectivity index (χ3n) is 6.45. The van der Waals surface area contributed by atoms with Crippen molar-refractivity contribution in [2.45, 2.75) is 50.9 Å². The van der Waals surface area contributed by atoms with Gasteiger partial charge in [-0.05, 0) is 75.3 Å². The molecular weight excluding hydrogens is 344 g/mol. The van der Waals surface area contributed by atoms with Gasteiger partial charge in [-0.2, -0.15) is 0 Å². The van der Waals surface area contributed by atoms with Crippen molar-refractivity contribution in [2.75, 3.05) is 10.6 Å². The molecule has 4 fully saturated rings. The van der Waals surface area contributed by atoms with Crippen LogP contribution in [0.1, 0.15) is 49.1 Å². The van der Waals surface area contributed by atoms with Gasteiger partial charge >= 0.3 is 6.03 Å². The summed E-state index contributed by atoms with van der Waals surface area (Å²) in [6.45, 7) is 2.02. The van der Waals surface area contributed by atoms with Crippen molar-refractivity contribution < 1.29 is 4.79 Å². The second-order valence-electron chi connectivity index (χ2n) is 8.56. The Kier molecular flexibility index (Phi) is 3.78. The van der Waals surface area contributed by atoms with Crippen molar-refractivity contribution in [1.29, 1.82) is 0 Å². The van der Waals surface area contributed by atoms with Crippen molar-refractivity contribution in [1.82, 2.24) is 10.2 Å². The van der Waals surface area contributed by atoms with Crippen LogP contribution in [0.3, 0.4) is 0 Å². The van der Waals surface area contributed by atoms with Crippen molar-refractivity contribution in [3.8, 4) is 0 Å². The number of carbonyl (C=O) groups excluding carboxylic acids is 1. The summed E-state index contributed by atoms with van der Waals surface area (Å²) < 4.78 is 0. The summed E-state index contributed by atoms with van der Waals surface area (Å²) in [6.07, 6.45) is 8.06. The van der Waals surface area contributed by atoms with E-state index >= 15 is 0 Å². The molecule has 6 rings (SSSR count). The largest absolute Gasteiger partial charge is 0.325 e. The Balaban J connectivity index is 1.28. The first-order valence-electron chi connectivity index (χ1n) is 9.57. The number of rotatable bonds is 3. The van der Waals surface area contributed by atoms with Crippen LogP contribution in [0.2, 0.25) is 0 Å². The van der Waals surface area contributed by atoms with Crippen LogP contribution >= 0.6 is 11.3 Å². The second kappa shape index (κ2) is 6.05. The van der Waals surface area contributed by atoms with Gasteiger partial charge in [-0.3, -0.25) is 5.32 Å². The molecule has 0 aliphatic heterocycles. The molecule has 0 atom stereocenters. The van der Waals surface area contributed by atoms with Gasteiger partial charge in [-0.1, -0.05) is 29.0 Å². The molecule has 4 bridgehead atoms. The summed E-state index contributed by atoms with van der Waals surface area (Å²) in [5.74, 6) is 2.64. The van der Waals surface area contributed by atoms with E-state index in [0.29, 0.717) is 5.13 Å². The van der Waals surface area contributed by atoms with Crippen LogP contribution in [0.5, 0.6) is 0 Å². The molecule has 1 heterocycles. The number of amides is 2. The predicted molar refractivity (Wildman–Crippen MR) is 104 cm³/mol. The molecule has 26 heavy (non-hydrogen) atoms. The number of benzene rings is 1. The minimum Gasteiger partial charge on any atom is -0.308 e. The normalized spacial score (nSPS) is 31.8. The van der Waals surface area contributed by atoms with Crippen molar-refractivity contribution in [3.05, 3.63) is 34.8 Å². The first-order chi connectivity index (χ1) is 12.6. The maximum absolute atomic E-state index is 12.2. The number of aromatic nitrogens is 2. The van der Waals surface area contributed by atoms with Gasteiger partial charge in [-0.15, -0.1) is 10.2 Å². The molecule has 1 aromatic heterocycles. The summed E-state index contributed by atoms with van der Waals surface area (Å²) >= 11 is 1.57. The van der Waals surface area contributed by atoms with Gasteiger partial charge in [0.1, 0.15) is 5.01 Å².